The van der Waals surface area contributed by atoms with E-state index in [1.54, 1.807) is 6.92 Å². The van der Waals surface area contributed by atoms with E-state index < -0.39 is 0 Å². The van der Waals surface area contributed by atoms with Crippen molar-refractivity contribution in [1.29, 1.82) is 0 Å². The van der Waals surface area contributed by atoms with E-state index in [1.807, 2.05) is 30.3 Å². The van der Waals surface area contributed by atoms with Crippen LogP contribution >= 0.6 is 0 Å². The molecule has 3 aromatic carbocycles. The molecule has 0 heterocycles. The number of fused-ring (bicyclic) bond motifs is 1. The smallest absolute Gasteiger partial charge is 0.133 e. The fourth-order valence-electron chi connectivity index (χ4n) is 5.11. The Morgan fingerprint density at radius 2 is 1.53 bits per heavy atom. The fourth-order valence-corrected chi connectivity index (χ4v) is 5.11. The molecule has 0 bridgehead atoms. The highest BCUT2D eigenvalue weighted by Gasteiger charge is 2.21. The summed E-state index contributed by atoms with van der Waals surface area (Å²) in [4.78, 5) is 0. The Kier molecular flexibility index (Phi) is 7.64. The Balaban J connectivity index is 1.35. The summed E-state index contributed by atoms with van der Waals surface area (Å²) in [7, 11) is 0. The van der Waals surface area contributed by atoms with Crippen molar-refractivity contribution in [2.75, 3.05) is 0 Å². The van der Waals surface area contributed by atoms with Crippen molar-refractivity contribution in [2.45, 2.75) is 77.6 Å². The van der Waals surface area contributed by atoms with Gasteiger partial charge in [0.15, 0.2) is 0 Å². The minimum atomic E-state index is -0.136. The lowest BCUT2D eigenvalue weighted by atomic mass is 9.77. The maximum Gasteiger partial charge on any atom is 0.133 e. The molecule has 3 aromatic rings. The van der Waals surface area contributed by atoms with Crippen LogP contribution in [-0.2, 0) is 0 Å². The largest absolute Gasteiger partial charge is 0.206 e. The Morgan fingerprint density at radius 1 is 0.812 bits per heavy atom. The van der Waals surface area contributed by atoms with E-state index in [2.05, 4.69) is 43.0 Å². The molecule has 1 aliphatic rings. The summed E-state index contributed by atoms with van der Waals surface area (Å²) < 4.78 is 14.2. The van der Waals surface area contributed by atoms with Crippen LogP contribution in [-0.4, -0.2) is 0 Å². The van der Waals surface area contributed by atoms with Crippen molar-refractivity contribution in [2.24, 2.45) is 5.92 Å². The summed E-state index contributed by atoms with van der Waals surface area (Å²) in [5, 5.41) is 1.56. The van der Waals surface area contributed by atoms with Gasteiger partial charge in [0.05, 0.1) is 0 Å². The van der Waals surface area contributed by atoms with Crippen molar-refractivity contribution in [3.05, 3.63) is 82.7 Å². The number of hydrogen-bond donors (Lipinski definition) is 0. The van der Waals surface area contributed by atoms with Gasteiger partial charge in [0.1, 0.15) is 5.82 Å². The normalized spacial score (nSPS) is 18.3. The molecular weight excluding hydrogens is 391 g/mol. The van der Waals surface area contributed by atoms with Crippen LogP contribution in [0, 0.1) is 30.5 Å². The zero-order chi connectivity index (χ0) is 22.3. The van der Waals surface area contributed by atoms with E-state index in [-0.39, 0.29) is 5.82 Å². The van der Waals surface area contributed by atoms with Gasteiger partial charge >= 0.3 is 0 Å². The molecule has 0 spiro atoms. The maximum atomic E-state index is 14.2. The number of aryl methyl sites for hydroxylation is 1. The number of hydrogen-bond acceptors (Lipinski definition) is 0. The molecule has 0 unspecified atom stereocenters. The molecule has 1 saturated carbocycles. The van der Waals surface area contributed by atoms with Crippen molar-refractivity contribution >= 4 is 10.8 Å². The Hall–Kier alpha value is -2.59. The van der Waals surface area contributed by atoms with Gasteiger partial charge in [-0.2, -0.15) is 0 Å². The van der Waals surface area contributed by atoms with E-state index in [0.717, 1.165) is 22.4 Å². The lowest BCUT2D eigenvalue weighted by molar-refractivity contribution is 0.302. The first-order valence-electron chi connectivity index (χ1n) is 12.4. The highest BCUT2D eigenvalue weighted by atomic mass is 19.1. The molecule has 0 aliphatic heterocycles. The van der Waals surface area contributed by atoms with E-state index in [0.29, 0.717) is 16.9 Å². The van der Waals surface area contributed by atoms with Crippen LogP contribution < -0.4 is 0 Å². The van der Waals surface area contributed by atoms with Gasteiger partial charge in [-0.25, -0.2) is 4.39 Å². The van der Waals surface area contributed by atoms with Gasteiger partial charge in [-0.1, -0.05) is 81.2 Å². The predicted molar refractivity (Wildman–Crippen MR) is 135 cm³/mol. The Bertz CT molecular complexity index is 1090. The monoisotopic (exact) mass is 426 g/mol. The van der Waals surface area contributed by atoms with Crippen LogP contribution in [0.4, 0.5) is 4.39 Å². The van der Waals surface area contributed by atoms with Gasteiger partial charge in [-0.15, -0.1) is 0 Å². The molecule has 1 fully saturated rings. The third kappa shape index (κ3) is 5.60. The second kappa shape index (κ2) is 10.8. The van der Waals surface area contributed by atoms with Gasteiger partial charge in [-0.05, 0) is 85.2 Å². The molecule has 0 aromatic heterocycles. The topological polar surface area (TPSA) is 0 Å². The maximum absolute atomic E-state index is 14.2. The number of benzene rings is 3. The SMILES string of the molecule is CCCCCCC1CCC(c2ccc(C#Cc3ccc4c(F)c(C)ccc4c3)cc2)CC1. The summed E-state index contributed by atoms with van der Waals surface area (Å²) in [6.45, 7) is 4.08. The third-order valence-corrected chi connectivity index (χ3v) is 7.19. The molecule has 0 N–H and O–H groups in total. The van der Waals surface area contributed by atoms with Gasteiger partial charge < -0.3 is 0 Å². The van der Waals surface area contributed by atoms with Crippen molar-refractivity contribution < 1.29 is 4.39 Å². The van der Waals surface area contributed by atoms with E-state index in [4.69, 9.17) is 0 Å². The first-order chi connectivity index (χ1) is 15.6. The molecule has 1 heteroatoms. The molecule has 0 amide bonds. The standard InChI is InChI=1S/C31H35F/c1-3-4-5-6-7-24-11-17-27(18-12-24)28-19-13-25(14-20-28)9-10-26-15-21-30-29(22-26)16-8-23(2)31(30)32/h8,13-16,19-22,24,27H,3-7,11-12,17-18H2,1-2H3. The van der Waals surface area contributed by atoms with Gasteiger partial charge in [0, 0.05) is 16.5 Å². The number of halogens is 1. The number of unbranched alkanes of at least 4 members (excludes halogenated alkanes) is 3. The molecule has 0 saturated heterocycles. The van der Waals surface area contributed by atoms with Crippen LogP contribution in [0.1, 0.15) is 92.9 Å². The minimum absolute atomic E-state index is 0.136. The molecule has 0 radical (unpaired) electrons. The predicted octanol–water partition coefficient (Wildman–Crippen LogP) is 8.93. The average Bonchev–Trinajstić information content (AvgIpc) is 2.84. The molecule has 166 valence electrons. The molecule has 32 heavy (non-hydrogen) atoms. The van der Waals surface area contributed by atoms with Crippen LogP contribution in [0.2, 0.25) is 0 Å². The summed E-state index contributed by atoms with van der Waals surface area (Å²) in [5.41, 5.74) is 4.10. The van der Waals surface area contributed by atoms with Gasteiger partial charge in [0.2, 0.25) is 0 Å². The highest BCUT2D eigenvalue weighted by molar-refractivity contribution is 5.85. The molecular formula is C31H35F. The van der Waals surface area contributed by atoms with Crippen LogP contribution in [0.3, 0.4) is 0 Å². The summed E-state index contributed by atoms with van der Waals surface area (Å²) >= 11 is 0. The molecule has 0 nitrogen and oxygen atoms in total. The lowest BCUT2D eigenvalue weighted by Crippen LogP contribution is -2.13. The van der Waals surface area contributed by atoms with Crippen LogP contribution in [0.25, 0.3) is 10.8 Å². The van der Waals surface area contributed by atoms with E-state index in [1.165, 1.54) is 63.4 Å². The minimum Gasteiger partial charge on any atom is -0.206 e. The first kappa shape index (κ1) is 22.6. The lowest BCUT2D eigenvalue weighted by Gasteiger charge is -2.29. The summed E-state index contributed by atoms with van der Waals surface area (Å²) in [6.07, 6.45) is 12.4. The highest BCUT2D eigenvalue weighted by Crippen LogP contribution is 2.37. The van der Waals surface area contributed by atoms with Gasteiger partial charge in [0.25, 0.3) is 0 Å². The second-order valence-electron chi connectivity index (χ2n) is 9.57. The van der Waals surface area contributed by atoms with Crippen molar-refractivity contribution in [3.8, 4) is 11.8 Å². The quantitative estimate of drug-likeness (QED) is 0.272. The summed E-state index contributed by atoms with van der Waals surface area (Å²) in [6, 6.07) is 18.4. The second-order valence-corrected chi connectivity index (χ2v) is 9.57. The molecule has 4 rings (SSSR count). The van der Waals surface area contributed by atoms with Crippen LogP contribution in [0.5, 0.6) is 0 Å². The zero-order valence-electron chi connectivity index (χ0n) is 19.6. The third-order valence-electron chi connectivity index (χ3n) is 7.19. The number of rotatable bonds is 6. The Labute approximate surface area is 193 Å². The van der Waals surface area contributed by atoms with Crippen LogP contribution in [0.15, 0.2) is 54.6 Å². The Morgan fingerprint density at radius 3 is 2.28 bits per heavy atom. The summed E-state index contributed by atoms with van der Waals surface area (Å²) in [5.74, 6) is 8.05. The average molecular weight is 427 g/mol. The molecule has 0 atom stereocenters. The van der Waals surface area contributed by atoms with E-state index in [9.17, 15) is 4.39 Å². The zero-order valence-corrected chi connectivity index (χ0v) is 19.6. The van der Waals surface area contributed by atoms with E-state index >= 15 is 0 Å². The van der Waals surface area contributed by atoms with Gasteiger partial charge in [-0.3, -0.25) is 0 Å². The first-order valence-corrected chi connectivity index (χ1v) is 12.4. The molecule has 1 aliphatic carbocycles. The fraction of sp³-hybridized carbons (Fsp3) is 0.419. The van der Waals surface area contributed by atoms with Crippen molar-refractivity contribution in [1.82, 2.24) is 0 Å². The van der Waals surface area contributed by atoms with Crippen molar-refractivity contribution in [3.63, 3.8) is 0 Å².